The topological polar surface area (TPSA) is 67.8 Å². The molecule has 32 heavy (non-hydrogen) atoms. The Hall–Kier alpha value is -3.65. The van der Waals surface area contributed by atoms with E-state index in [2.05, 4.69) is 44.3 Å². The van der Waals surface area contributed by atoms with Gasteiger partial charge >= 0.3 is 6.03 Å². The van der Waals surface area contributed by atoms with E-state index in [1.165, 1.54) is 5.69 Å². The molecule has 0 aliphatic carbocycles. The predicted molar refractivity (Wildman–Crippen MR) is 128 cm³/mol. The zero-order chi connectivity index (χ0) is 22.1. The summed E-state index contributed by atoms with van der Waals surface area (Å²) in [6, 6.07) is 17.9. The van der Waals surface area contributed by atoms with Crippen molar-refractivity contribution >= 4 is 34.9 Å². The van der Waals surface area contributed by atoms with Crippen LogP contribution in [0.3, 0.4) is 0 Å². The summed E-state index contributed by atoms with van der Waals surface area (Å²) in [7, 11) is 3.91. The number of amides is 2. The summed E-state index contributed by atoms with van der Waals surface area (Å²) >= 11 is 0. The maximum absolute atomic E-state index is 12.9. The highest BCUT2D eigenvalue weighted by Gasteiger charge is 2.30. The summed E-state index contributed by atoms with van der Waals surface area (Å²) in [6.45, 7) is 4.69. The van der Waals surface area contributed by atoms with Crippen molar-refractivity contribution in [2.75, 3.05) is 60.3 Å². The van der Waals surface area contributed by atoms with E-state index in [1.54, 1.807) is 23.0 Å². The van der Waals surface area contributed by atoms with Gasteiger partial charge in [0.15, 0.2) is 0 Å². The number of benzene rings is 2. The first-order valence-electron chi connectivity index (χ1n) is 10.9. The largest absolute Gasteiger partial charge is 0.369 e. The Kier molecular flexibility index (Phi) is 5.36. The number of rotatable bonds is 4. The van der Waals surface area contributed by atoms with Crippen molar-refractivity contribution in [3.63, 3.8) is 0 Å². The zero-order valence-corrected chi connectivity index (χ0v) is 18.4. The third-order valence-corrected chi connectivity index (χ3v) is 6.07. The van der Waals surface area contributed by atoms with Crippen molar-refractivity contribution < 1.29 is 4.79 Å². The van der Waals surface area contributed by atoms with E-state index < -0.39 is 0 Å². The number of aromatic nitrogens is 2. The van der Waals surface area contributed by atoms with E-state index in [9.17, 15) is 4.79 Å². The monoisotopic (exact) mass is 429 g/mol. The lowest BCUT2D eigenvalue weighted by atomic mass is 10.2. The van der Waals surface area contributed by atoms with Crippen LogP contribution in [0.1, 0.15) is 5.56 Å². The molecule has 2 aromatic carbocycles. The van der Waals surface area contributed by atoms with Crippen LogP contribution in [-0.2, 0) is 6.54 Å². The molecule has 1 saturated heterocycles. The maximum Gasteiger partial charge on any atom is 0.330 e. The Morgan fingerprint density at radius 1 is 0.875 bits per heavy atom. The molecular formula is C24H27N7O. The minimum absolute atomic E-state index is 0.107. The lowest BCUT2D eigenvalue weighted by Gasteiger charge is -2.34. The van der Waals surface area contributed by atoms with Crippen LogP contribution >= 0.6 is 0 Å². The molecule has 164 valence electrons. The Bertz CT molecular complexity index is 1100. The Morgan fingerprint density at radius 2 is 1.59 bits per heavy atom. The number of hydrogen-bond donors (Lipinski definition) is 1. The number of anilines is 5. The van der Waals surface area contributed by atoms with Crippen molar-refractivity contribution in [2.45, 2.75) is 6.54 Å². The number of fused-ring (bicyclic) bond motifs is 1. The average Bonchev–Trinajstić information content (AvgIpc) is 2.83. The third-order valence-electron chi connectivity index (χ3n) is 6.07. The fraction of sp³-hybridized carbons (Fsp3) is 0.292. The molecule has 0 bridgehead atoms. The summed E-state index contributed by atoms with van der Waals surface area (Å²) in [5.41, 5.74) is 3.91. The van der Waals surface area contributed by atoms with Gasteiger partial charge in [0.1, 0.15) is 5.82 Å². The van der Waals surface area contributed by atoms with E-state index in [0.717, 1.165) is 43.1 Å². The van der Waals surface area contributed by atoms with Gasteiger partial charge in [0, 0.05) is 62.0 Å². The predicted octanol–water partition coefficient (Wildman–Crippen LogP) is 3.55. The molecule has 0 spiro atoms. The van der Waals surface area contributed by atoms with Crippen molar-refractivity contribution in [1.29, 1.82) is 0 Å². The second-order valence-electron chi connectivity index (χ2n) is 8.27. The summed E-state index contributed by atoms with van der Waals surface area (Å²) < 4.78 is 0. The summed E-state index contributed by atoms with van der Waals surface area (Å²) in [5.74, 6) is 1.11. The highest BCUT2D eigenvalue weighted by atomic mass is 16.2. The van der Waals surface area contributed by atoms with Crippen LogP contribution in [0.15, 0.2) is 60.8 Å². The fourth-order valence-corrected chi connectivity index (χ4v) is 4.13. The SMILES string of the molecule is CN1CCN(c2ccc(Nc3ncc4c(n3)N(C)C(=O)N(c3ccccc3)C4)cc2)CC1. The molecule has 0 unspecified atom stereocenters. The van der Waals surface area contributed by atoms with Gasteiger partial charge in [-0.3, -0.25) is 9.80 Å². The molecule has 3 heterocycles. The quantitative estimate of drug-likeness (QED) is 0.684. The number of likely N-dealkylation sites (N-methyl/N-ethyl adjacent to an activating group) is 1. The molecule has 8 nitrogen and oxygen atoms in total. The van der Waals surface area contributed by atoms with E-state index in [1.807, 2.05) is 42.5 Å². The first-order valence-corrected chi connectivity index (χ1v) is 10.9. The molecule has 0 saturated carbocycles. The van der Waals surface area contributed by atoms with Gasteiger partial charge in [0.25, 0.3) is 0 Å². The van der Waals surface area contributed by atoms with Gasteiger partial charge < -0.3 is 15.1 Å². The maximum atomic E-state index is 12.9. The normalized spacial score (nSPS) is 16.8. The highest BCUT2D eigenvalue weighted by molar-refractivity contribution is 6.05. The van der Waals surface area contributed by atoms with Crippen molar-refractivity contribution in [2.24, 2.45) is 0 Å². The lowest BCUT2D eigenvalue weighted by Crippen LogP contribution is -2.45. The van der Waals surface area contributed by atoms with Gasteiger partial charge in [0.2, 0.25) is 5.95 Å². The molecule has 3 aromatic rings. The van der Waals surface area contributed by atoms with E-state index in [-0.39, 0.29) is 6.03 Å². The Labute approximate surface area is 188 Å². The smallest absolute Gasteiger partial charge is 0.330 e. The summed E-state index contributed by atoms with van der Waals surface area (Å²) in [6.07, 6.45) is 1.79. The Morgan fingerprint density at radius 3 is 2.31 bits per heavy atom. The Balaban J connectivity index is 1.31. The molecule has 2 aliphatic rings. The summed E-state index contributed by atoms with van der Waals surface area (Å²) in [4.78, 5) is 30.1. The van der Waals surface area contributed by atoms with Crippen LogP contribution in [0.25, 0.3) is 0 Å². The van der Waals surface area contributed by atoms with Crippen LogP contribution in [0.4, 0.5) is 33.6 Å². The van der Waals surface area contributed by atoms with Gasteiger partial charge in [0.05, 0.1) is 6.54 Å². The first kappa shape index (κ1) is 20.3. The van der Waals surface area contributed by atoms with Crippen LogP contribution in [0, 0.1) is 0 Å². The minimum Gasteiger partial charge on any atom is -0.369 e. The number of piperazine rings is 1. The molecule has 8 heteroatoms. The van der Waals surface area contributed by atoms with E-state index in [0.29, 0.717) is 18.3 Å². The van der Waals surface area contributed by atoms with Gasteiger partial charge in [-0.15, -0.1) is 0 Å². The third kappa shape index (κ3) is 3.97. The molecule has 1 N–H and O–H groups in total. The molecular weight excluding hydrogens is 402 g/mol. The fourth-order valence-electron chi connectivity index (χ4n) is 4.13. The first-order chi connectivity index (χ1) is 15.6. The van der Waals surface area contributed by atoms with Crippen LogP contribution in [-0.4, -0.2) is 61.2 Å². The van der Waals surface area contributed by atoms with E-state index in [4.69, 9.17) is 0 Å². The molecule has 0 atom stereocenters. The number of carbonyl (C=O) groups excluding carboxylic acids is 1. The second kappa shape index (κ2) is 8.47. The lowest BCUT2D eigenvalue weighted by molar-refractivity contribution is 0.251. The molecule has 1 aromatic heterocycles. The van der Waals surface area contributed by atoms with Crippen molar-refractivity contribution in [1.82, 2.24) is 14.9 Å². The zero-order valence-electron chi connectivity index (χ0n) is 18.4. The van der Waals surface area contributed by atoms with Crippen LogP contribution in [0.2, 0.25) is 0 Å². The molecule has 1 fully saturated rings. The molecule has 0 radical (unpaired) electrons. The standard InChI is InChI=1S/C24H27N7O/c1-28-12-14-30(15-13-28)20-10-8-19(9-11-20)26-23-25-16-18-17-31(21-6-4-3-5-7-21)24(32)29(2)22(18)27-23/h3-11,16H,12-15,17H2,1-2H3,(H,25,26,27). The van der Waals surface area contributed by atoms with Crippen LogP contribution in [0.5, 0.6) is 0 Å². The number of hydrogen-bond acceptors (Lipinski definition) is 6. The van der Waals surface area contributed by atoms with E-state index >= 15 is 0 Å². The number of nitrogens with zero attached hydrogens (tertiary/aromatic N) is 6. The van der Waals surface area contributed by atoms with Gasteiger partial charge in [-0.1, -0.05) is 18.2 Å². The van der Waals surface area contributed by atoms with Crippen molar-refractivity contribution in [3.05, 3.63) is 66.4 Å². The van der Waals surface area contributed by atoms with Crippen molar-refractivity contribution in [3.8, 4) is 0 Å². The number of urea groups is 1. The molecule has 2 aliphatic heterocycles. The number of carbonyl (C=O) groups is 1. The van der Waals surface area contributed by atoms with Gasteiger partial charge in [-0.05, 0) is 43.4 Å². The van der Waals surface area contributed by atoms with Gasteiger partial charge in [-0.2, -0.15) is 4.98 Å². The van der Waals surface area contributed by atoms with Gasteiger partial charge in [-0.25, -0.2) is 9.78 Å². The molecule has 5 rings (SSSR count). The minimum atomic E-state index is -0.107. The van der Waals surface area contributed by atoms with Crippen LogP contribution < -0.4 is 20.0 Å². The number of para-hydroxylation sites is 1. The second-order valence-corrected chi connectivity index (χ2v) is 8.27. The summed E-state index contributed by atoms with van der Waals surface area (Å²) in [5, 5.41) is 3.27. The number of nitrogens with one attached hydrogen (secondary N) is 1. The molecule has 2 amide bonds. The average molecular weight is 430 g/mol. The highest BCUT2D eigenvalue weighted by Crippen LogP contribution is 2.30.